The van der Waals surface area contributed by atoms with Gasteiger partial charge in [0.05, 0.1) is 17.0 Å². The number of anilines is 1. The quantitative estimate of drug-likeness (QED) is 0.470. The number of thioether (sulfide) groups is 1. The minimum Gasteiger partial charge on any atom is -0.325 e. The van der Waals surface area contributed by atoms with E-state index in [1.807, 2.05) is 43.3 Å². The lowest BCUT2D eigenvalue weighted by atomic mass is 10.1. The van der Waals surface area contributed by atoms with Gasteiger partial charge in [-0.1, -0.05) is 48.2 Å². The first-order valence-electron chi connectivity index (χ1n) is 8.32. The van der Waals surface area contributed by atoms with Crippen LogP contribution < -0.4 is 5.32 Å². The number of hydrogen-bond donors (Lipinski definition) is 1. The molecule has 1 N–H and O–H groups in total. The van der Waals surface area contributed by atoms with E-state index in [9.17, 15) is 18.0 Å². The minimum atomic E-state index is -4.46. The van der Waals surface area contributed by atoms with Crippen LogP contribution >= 0.6 is 11.8 Å². The molecule has 0 aliphatic carbocycles. The monoisotopic (exact) mass is 403 g/mol. The summed E-state index contributed by atoms with van der Waals surface area (Å²) in [5.74, 6) is -0.454. The maximum absolute atomic E-state index is 12.8. The molecule has 0 saturated carbocycles. The molecule has 1 amide bonds. The molecule has 0 atom stereocenters. The lowest BCUT2D eigenvalue weighted by Gasteiger charge is -2.10. The van der Waals surface area contributed by atoms with E-state index in [1.54, 1.807) is 0 Å². The Hall–Kier alpha value is -2.87. The fourth-order valence-electron chi connectivity index (χ4n) is 2.46. The Morgan fingerprint density at radius 3 is 2.50 bits per heavy atom. The number of alkyl halides is 3. The molecule has 4 nitrogen and oxygen atoms in total. The third-order valence-corrected chi connectivity index (χ3v) is 4.56. The number of aromatic nitrogens is 2. The second-order valence-electron chi connectivity index (χ2n) is 5.96. The summed E-state index contributed by atoms with van der Waals surface area (Å²) in [4.78, 5) is 20.9. The second kappa shape index (κ2) is 8.43. The molecular weight excluding hydrogens is 387 g/mol. The number of amides is 1. The molecule has 0 spiro atoms. The van der Waals surface area contributed by atoms with Crippen molar-refractivity contribution in [2.75, 3.05) is 11.1 Å². The van der Waals surface area contributed by atoms with Crippen LogP contribution in [0.1, 0.15) is 11.3 Å². The average molecular weight is 403 g/mol. The molecule has 8 heteroatoms. The Labute approximate surface area is 164 Å². The first-order valence-corrected chi connectivity index (χ1v) is 9.31. The van der Waals surface area contributed by atoms with Crippen molar-refractivity contribution in [3.05, 3.63) is 71.9 Å². The van der Waals surface area contributed by atoms with Crippen LogP contribution in [0.3, 0.4) is 0 Å². The van der Waals surface area contributed by atoms with Gasteiger partial charge < -0.3 is 5.32 Å². The molecule has 144 valence electrons. The summed E-state index contributed by atoms with van der Waals surface area (Å²) >= 11 is 1.12. The van der Waals surface area contributed by atoms with Crippen molar-refractivity contribution in [1.29, 1.82) is 0 Å². The molecule has 28 heavy (non-hydrogen) atoms. The molecule has 0 fully saturated rings. The molecule has 0 unspecified atom stereocenters. The highest BCUT2D eigenvalue weighted by Crippen LogP contribution is 2.30. The zero-order valence-electron chi connectivity index (χ0n) is 14.8. The van der Waals surface area contributed by atoms with Gasteiger partial charge in [-0.15, -0.1) is 0 Å². The zero-order chi connectivity index (χ0) is 20.1. The third kappa shape index (κ3) is 5.32. The van der Waals surface area contributed by atoms with Crippen LogP contribution in [0.5, 0.6) is 0 Å². The predicted octanol–water partition coefficient (Wildman–Crippen LogP) is 5.20. The largest absolute Gasteiger partial charge is 0.416 e. The Morgan fingerprint density at radius 1 is 1.04 bits per heavy atom. The first-order chi connectivity index (χ1) is 13.3. The van der Waals surface area contributed by atoms with Crippen molar-refractivity contribution < 1.29 is 18.0 Å². The molecule has 2 aromatic carbocycles. The van der Waals surface area contributed by atoms with E-state index in [0.29, 0.717) is 5.16 Å². The van der Waals surface area contributed by atoms with Crippen LogP contribution in [0.4, 0.5) is 18.9 Å². The van der Waals surface area contributed by atoms with Crippen LogP contribution in [0.15, 0.2) is 65.8 Å². The summed E-state index contributed by atoms with van der Waals surface area (Å²) in [6, 6.07) is 15.9. The zero-order valence-corrected chi connectivity index (χ0v) is 15.6. The topological polar surface area (TPSA) is 54.9 Å². The Morgan fingerprint density at radius 2 is 1.79 bits per heavy atom. The van der Waals surface area contributed by atoms with E-state index in [-0.39, 0.29) is 11.4 Å². The maximum atomic E-state index is 12.8. The highest BCUT2D eigenvalue weighted by molar-refractivity contribution is 7.99. The van der Waals surface area contributed by atoms with Crippen LogP contribution in [-0.2, 0) is 11.0 Å². The fraction of sp³-hybridized carbons (Fsp3) is 0.150. The van der Waals surface area contributed by atoms with E-state index in [2.05, 4.69) is 15.3 Å². The molecule has 0 radical (unpaired) electrons. The van der Waals surface area contributed by atoms with E-state index in [4.69, 9.17) is 0 Å². The number of carbonyl (C=O) groups excluding carboxylic acids is 1. The SMILES string of the molecule is Cc1cc(-c2ccccc2)nc(SCC(=O)Nc2cccc(C(F)(F)F)c2)n1. The highest BCUT2D eigenvalue weighted by Gasteiger charge is 2.30. The van der Waals surface area contributed by atoms with Crippen molar-refractivity contribution in [2.45, 2.75) is 18.3 Å². The number of carbonyl (C=O) groups is 1. The van der Waals surface area contributed by atoms with Gasteiger partial charge in [0.1, 0.15) is 0 Å². The summed E-state index contributed by atoms with van der Waals surface area (Å²) in [6.07, 6.45) is -4.46. The lowest BCUT2D eigenvalue weighted by Crippen LogP contribution is -2.15. The molecule has 0 bridgehead atoms. The lowest BCUT2D eigenvalue weighted by molar-refractivity contribution is -0.137. The third-order valence-electron chi connectivity index (χ3n) is 3.71. The highest BCUT2D eigenvalue weighted by atomic mass is 32.2. The van der Waals surface area contributed by atoms with Crippen molar-refractivity contribution >= 4 is 23.4 Å². The fourth-order valence-corrected chi connectivity index (χ4v) is 3.17. The van der Waals surface area contributed by atoms with Crippen molar-refractivity contribution in [3.8, 4) is 11.3 Å². The average Bonchev–Trinajstić information content (AvgIpc) is 2.66. The van der Waals surface area contributed by atoms with Crippen LogP contribution in [0, 0.1) is 6.92 Å². The van der Waals surface area contributed by atoms with Crippen LogP contribution in [0.2, 0.25) is 0 Å². The summed E-state index contributed by atoms with van der Waals surface area (Å²) in [6.45, 7) is 1.83. The van der Waals surface area contributed by atoms with Crippen molar-refractivity contribution in [3.63, 3.8) is 0 Å². The van der Waals surface area contributed by atoms with Gasteiger partial charge >= 0.3 is 6.18 Å². The minimum absolute atomic E-state index is 0.0199. The normalized spacial score (nSPS) is 11.3. The molecule has 0 aliphatic rings. The van der Waals surface area contributed by atoms with Gasteiger partial charge in [0, 0.05) is 16.9 Å². The number of nitrogens with zero attached hydrogens (tertiary/aromatic N) is 2. The smallest absolute Gasteiger partial charge is 0.325 e. The van der Waals surface area contributed by atoms with Gasteiger partial charge in [-0.2, -0.15) is 13.2 Å². The van der Waals surface area contributed by atoms with Gasteiger partial charge in [-0.05, 0) is 31.2 Å². The summed E-state index contributed by atoms with van der Waals surface area (Å²) in [7, 11) is 0. The molecular formula is C20H16F3N3OS. The number of aryl methyl sites for hydroxylation is 1. The second-order valence-corrected chi connectivity index (χ2v) is 6.90. The summed E-state index contributed by atoms with van der Waals surface area (Å²) in [5.41, 5.74) is 1.72. The number of halogens is 3. The first kappa shape index (κ1) is 19.9. The summed E-state index contributed by atoms with van der Waals surface area (Å²) < 4.78 is 38.3. The van der Waals surface area contributed by atoms with E-state index < -0.39 is 17.6 Å². The van der Waals surface area contributed by atoms with Gasteiger partial charge in [-0.3, -0.25) is 4.79 Å². The molecule has 3 rings (SSSR count). The number of rotatable bonds is 5. The standard InChI is InChI=1S/C20H16F3N3OS/c1-13-10-17(14-6-3-2-4-7-14)26-19(24-13)28-12-18(27)25-16-9-5-8-15(11-16)20(21,22)23/h2-11H,12H2,1H3,(H,25,27). The van der Waals surface area contributed by atoms with E-state index >= 15 is 0 Å². The Bertz CT molecular complexity index is 978. The number of hydrogen-bond acceptors (Lipinski definition) is 4. The predicted molar refractivity (Wildman–Crippen MR) is 103 cm³/mol. The number of benzene rings is 2. The van der Waals surface area contributed by atoms with Crippen molar-refractivity contribution in [1.82, 2.24) is 9.97 Å². The summed E-state index contributed by atoms with van der Waals surface area (Å²) in [5, 5.41) is 2.90. The van der Waals surface area contributed by atoms with Crippen molar-refractivity contribution in [2.24, 2.45) is 0 Å². The van der Waals surface area contributed by atoms with E-state index in [0.717, 1.165) is 40.8 Å². The van der Waals surface area contributed by atoms with Crippen LogP contribution in [-0.4, -0.2) is 21.6 Å². The molecule has 1 heterocycles. The molecule has 3 aromatic rings. The van der Waals surface area contributed by atoms with Gasteiger partial charge in [-0.25, -0.2) is 9.97 Å². The Balaban J connectivity index is 1.66. The van der Waals surface area contributed by atoms with Gasteiger partial charge in [0.2, 0.25) is 5.91 Å². The maximum Gasteiger partial charge on any atom is 0.416 e. The molecule has 1 aromatic heterocycles. The van der Waals surface area contributed by atoms with Crippen LogP contribution in [0.25, 0.3) is 11.3 Å². The van der Waals surface area contributed by atoms with Gasteiger partial charge in [0.15, 0.2) is 5.16 Å². The Kier molecular flexibility index (Phi) is 5.99. The molecule has 0 saturated heterocycles. The van der Waals surface area contributed by atoms with E-state index in [1.165, 1.54) is 12.1 Å². The number of nitrogens with one attached hydrogen (secondary N) is 1. The van der Waals surface area contributed by atoms with Gasteiger partial charge in [0.25, 0.3) is 0 Å². The molecule has 0 aliphatic heterocycles.